The quantitative estimate of drug-likeness (QED) is 0.418. The molecule has 3 amide bonds. The van der Waals surface area contributed by atoms with Crippen molar-refractivity contribution >= 4 is 23.4 Å². The van der Waals surface area contributed by atoms with Gasteiger partial charge in [0, 0.05) is 5.69 Å². The fourth-order valence-corrected chi connectivity index (χ4v) is 4.51. The average Bonchev–Trinajstić information content (AvgIpc) is 3.33. The van der Waals surface area contributed by atoms with Gasteiger partial charge in [-0.3, -0.25) is 24.2 Å². The number of anilines is 1. The molecular formula is C19H14F6N2O3. The fourth-order valence-electron chi connectivity index (χ4n) is 4.51. The summed E-state index contributed by atoms with van der Waals surface area (Å²) in [6, 6.07) is 2.75. The molecule has 4 atom stereocenters. The summed E-state index contributed by atoms with van der Waals surface area (Å²) in [4.78, 5) is 38.0. The zero-order valence-electron chi connectivity index (χ0n) is 15.1. The van der Waals surface area contributed by atoms with Crippen LogP contribution in [0.3, 0.4) is 0 Å². The topological polar surface area (TPSA) is 57.7 Å². The number of halogens is 6. The van der Waals surface area contributed by atoms with E-state index in [0.29, 0.717) is 23.5 Å². The number of allylic oxidation sites excluding steroid dienone is 2. The number of alkyl halides is 6. The highest BCUT2D eigenvalue weighted by atomic mass is 19.4. The van der Waals surface area contributed by atoms with Gasteiger partial charge >= 0.3 is 18.3 Å². The number of hydrogen-bond donors (Lipinski definition) is 0. The van der Waals surface area contributed by atoms with Crippen LogP contribution in [-0.2, 0) is 20.6 Å². The molecule has 0 unspecified atom stereocenters. The third kappa shape index (κ3) is 3.16. The minimum absolute atomic E-state index is 0.0125. The summed E-state index contributed by atoms with van der Waals surface area (Å²) in [5, 5.41) is 0. The Morgan fingerprint density at radius 1 is 1.00 bits per heavy atom. The molecule has 0 spiro atoms. The predicted molar refractivity (Wildman–Crippen MR) is 89.4 cm³/mol. The van der Waals surface area contributed by atoms with Crippen molar-refractivity contribution in [2.75, 3.05) is 11.6 Å². The van der Waals surface area contributed by atoms with Gasteiger partial charge in [-0.05, 0) is 36.5 Å². The Bertz CT molecular complexity index is 924. The normalized spacial score (nSPS) is 27.7. The second-order valence-corrected chi connectivity index (χ2v) is 7.52. The number of hydrogen-bond acceptors (Lipinski definition) is 3. The maximum Gasteiger partial charge on any atom is 0.471 e. The molecule has 30 heavy (non-hydrogen) atoms. The van der Waals surface area contributed by atoms with Gasteiger partial charge in [0.25, 0.3) is 0 Å². The number of rotatable bonds is 3. The highest BCUT2D eigenvalue weighted by molar-refractivity contribution is 6.07. The number of fused-ring (bicyclic) bond motifs is 5. The van der Waals surface area contributed by atoms with Crippen molar-refractivity contribution in [2.24, 2.45) is 23.7 Å². The van der Waals surface area contributed by atoms with Crippen molar-refractivity contribution in [3.63, 3.8) is 0 Å². The SMILES string of the molecule is O=C1[C@@H]2[C@H](C(=O)N1CN(C(=O)C(F)(F)F)c1cccc(C(F)(F)F)c1)[C@@H]1C=C[C@@H]2C1. The van der Waals surface area contributed by atoms with Crippen LogP contribution in [0, 0.1) is 23.7 Å². The van der Waals surface area contributed by atoms with Crippen LogP contribution in [0.1, 0.15) is 12.0 Å². The molecule has 160 valence electrons. The summed E-state index contributed by atoms with van der Waals surface area (Å²) >= 11 is 0. The molecule has 0 radical (unpaired) electrons. The van der Waals surface area contributed by atoms with Crippen LogP contribution in [0.2, 0.25) is 0 Å². The van der Waals surface area contributed by atoms with E-state index in [4.69, 9.17) is 0 Å². The third-order valence-corrected chi connectivity index (χ3v) is 5.82. The minimum Gasteiger partial charge on any atom is -0.286 e. The van der Waals surface area contributed by atoms with Gasteiger partial charge in [-0.1, -0.05) is 18.2 Å². The zero-order chi connectivity index (χ0) is 22.0. The molecule has 1 aromatic rings. The van der Waals surface area contributed by atoms with Gasteiger partial charge in [-0.25, -0.2) is 0 Å². The van der Waals surface area contributed by atoms with Crippen molar-refractivity contribution in [2.45, 2.75) is 18.8 Å². The van der Waals surface area contributed by atoms with E-state index in [1.807, 2.05) is 0 Å². The second-order valence-electron chi connectivity index (χ2n) is 7.52. The number of carbonyl (C=O) groups is 3. The van der Waals surface area contributed by atoms with Crippen LogP contribution in [0.4, 0.5) is 32.0 Å². The van der Waals surface area contributed by atoms with E-state index >= 15 is 0 Å². The first-order valence-corrected chi connectivity index (χ1v) is 8.99. The van der Waals surface area contributed by atoms with Gasteiger partial charge in [-0.15, -0.1) is 0 Å². The van der Waals surface area contributed by atoms with Gasteiger partial charge in [0.05, 0.1) is 17.4 Å². The molecule has 1 heterocycles. The molecule has 11 heteroatoms. The van der Waals surface area contributed by atoms with Crippen LogP contribution < -0.4 is 4.90 Å². The van der Waals surface area contributed by atoms with E-state index in [2.05, 4.69) is 0 Å². The number of carbonyl (C=O) groups excluding carboxylic acids is 3. The molecular weight excluding hydrogens is 418 g/mol. The van der Waals surface area contributed by atoms with E-state index in [0.717, 1.165) is 12.1 Å². The number of imide groups is 1. The van der Waals surface area contributed by atoms with Gasteiger partial charge in [-0.2, -0.15) is 26.3 Å². The van der Waals surface area contributed by atoms with Gasteiger partial charge in [0.1, 0.15) is 6.67 Å². The minimum atomic E-state index is -5.42. The van der Waals surface area contributed by atoms with Gasteiger partial charge in [0.2, 0.25) is 11.8 Å². The number of likely N-dealkylation sites (tertiary alicyclic amines) is 1. The molecule has 4 rings (SSSR count). The summed E-state index contributed by atoms with van der Waals surface area (Å²) in [5.41, 5.74) is -1.98. The zero-order valence-corrected chi connectivity index (χ0v) is 15.1. The highest BCUT2D eigenvalue weighted by Gasteiger charge is 2.60. The first-order valence-electron chi connectivity index (χ1n) is 8.99. The van der Waals surface area contributed by atoms with Crippen molar-refractivity contribution in [3.05, 3.63) is 42.0 Å². The Balaban J connectivity index is 1.68. The highest BCUT2D eigenvalue weighted by Crippen LogP contribution is 2.52. The summed E-state index contributed by atoms with van der Waals surface area (Å²) < 4.78 is 78.4. The van der Waals surface area contributed by atoms with Gasteiger partial charge in [0.15, 0.2) is 0 Å². The van der Waals surface area contributed by atoms with E-state index in [1.54, 1.807) is 12.2 Å². The van der Waals surface area contributed by atoms with Crippen molar-refractivity contribution in [1.82, 2.24) is 4.90 Å². The summed E-state index contributed by atoms with van der Waals surface area (Å²) in [6.07, 6.45) is -6.11. The number of amides is 3. The molecule has 2 bridgehead atoms. The third-order valence-electron chi connectivity index (χ3n) is 5.82. The summed E-state index contributed by atoms with van der Waals surface area (Å²) in [5.74, 6) is -5.74. The lowest BCUT2D eigenvalue weighted by Gasteiger charge is -2.29. The molecule has 1 saturated heterocycles. The summed E-state index contributed by atoms with van der Waals surface area (Å²) in [6.45, 7) is -1.11. The van der Waals surface area contributed by atoms with Crippen molar-refractivity contribution in [3.8, 4) is 0 Å². The van der Waals surface area contributed by atoms with Crippen LogP contribution in [0.25, 0.3) is 0 Å². The number of benzene rings is 1. The average molecular weight is 432 g/mol. The second kappa shape index (κ2) is 6.58. The van der Waals surface area contributed by atoms with Crippen molar-refractivity contribution < 1.29 is 40.7 Å². The monoisotopic (exact) mass is 432 g/mol. The molecule has 0 N–H and O–H groups in total. The standard InChI is InChI=1S/C19H14F6N2O3/c20-18(21,22)11-2-1-3-12(7-11)26(17(30)19(23,24)25)8-27-15(28)13-9-4-5-10(6-9)14(13)16(27)29/h1-5,7,9-10,13-14H,6,8H2/t9-,10-,13-,14+/m1/s1. The molecule has 1 saturated carbocycles. The smallest absolute Gasteiger partial charge is 0.286 e. The molecule has 3 aliphatic rings. The Labute approximate surface area is 165 Å². The summed E-state index contributed by atoms with van der Waals surface area (Å²) in [7, 11) is 0. The van der Waals surface area contributed by atoms with E-state index in [-0.39, 0.29) is 16.7 Å². The Hall–Kier alpha value is -2.85. The lowest BCUT2D eigenvalue weighted by molar-refractivity contribution is -0.171. The molecule has 0 aromatic heterocycles. The molecule has 2 aliphatic carbocycles. The molecule has 1 aromatic carbocycles. The van der Waals surface area contributed by atoms with Crippen LogP contribution in [-0.4, -0.2) is 35.5 Å². The first kappa shape index (κ1) is 20.4. The first-order chi connectivity index (χ1) is 13.9. The van der Waals surface area contributed by atoms with Crippen LogP contribution in [0.15, 0.2) is 36.4 Å². The van der Waals surface area contributed by atoms with Crippen LogP contribution in [0.5, 0.6) is 0 Å². The fraction of sp³-hybridized carbons (Fsp3) is 0.421. The Morgan fingerprint density at radius 2 is 1.57 bits per heavy atom. The van der Waals surface area contributed by atoms with E-state index in [1.165, 1.54) is 0 Å². The molecule has 2 fully saturated rings. The maximum absolute atomic E-state index is 13.1. The van der Waals surface area contributed by atoms with E-state index in [9.17, 15) is 40.7 Å². The maximum atomic E-state index is 13.1. The molecule has 1 aliphatic heterocycles. The van der Waals surface area contributed by atoms with Crippen molar-refractivity contribution in [1.29, 1.82) is 0 Å². The van der Waals surface area contributed by atoms with E-state index < -0.39 is 59.8 Å². The van der Waals surface area contributed by atoms with Gasteiger partial charge < -0.3 is 0 Å². The largest absolute Gasteiger partial charge is 0.471 e. The predicted octanol–water partition coefficient (Wildman–Crippen LogP) is 3.37. The lowest BCUT2D eigenvalue weighted by atomic mass is 9.85. The van der Waals surface area contributed by atoms with Crippen LogP contribution >= 0.6 is 0 Å². The Morgan fingerprint density at radius 3 is 2.07 bits per heavy atom. The lowest BCUT2D eigenvalue weighted by Crippen LogP contribution is -2.49. The Kier molecular flexibility index (Phi) is 4.48. The number of nitrogens with zero attached hydrogens (tertiary/aromatic N) is 2. The molecule has 5 nitrogen and oxygen atoms in total.